The second-order valence-corrected chi connectivity index (χ2v) is 6.09. The lowest BCUT2D eigenvalue weighted by Crippen LogP contribution is -2.15. The molecule has 0 rings (SSSR count). The molecule has 0 amide bonds. The minimum Gasteiger partial charge on any atom is -0.120 e. The Morgan fingerprint density at radius 1 is 1.00 bits per heavy atom. The molecule has 0 aromatic heterocycles. The highest BCUT2D eigenvalue weighted by Gasteiger charge is 2.19. The van der Waals surface area contributed by atoms with Gasteiger partial charge in [0.25, 0.3) is 0 Å². The topological polar surface area (TPSA) is 0 Å². The Morgan fingerprint density at radius 3 is 1.83 bits per heavy atom. The van der Waals surface area contributed by atoms with Crippen LogP contribution in [0.15, 0.2) is 0 Å². The van der Waals surface area contributed by atoms with Gasteiger partial charge in [0.2, 0.25) is 0 Å². The molecular formula is C11H23Cl. The van der Waals surface area contributed by atoms with Gasteiger partial charge in [0.15, 0.2) is 0 Å². The fourth-order valence-corrected chi connectivity index (χ4v) is 1.30. The highest BCUT2D eigenvalue weighted by Crippen LogP contribution is 2.29. The zero-order chi connectivity index (χ0) is 9.83. The Kier molecular flexibility index (Phi) is 4.61. The molecule has 1 heteroatoms. The van der Waals surface area contributed by atoms with Gasteiger partial charge in [0.05, 0.1) is 0 Å². The largest absolute Gasteiger partial charge is 0.120 e. The van der Waals surface area contributed by atoms with Crippen LogP contribution in [0.3, 0.4) is 0 Å². The Hall–Kier alpha value is 0.290. The number of halogens is 1. The number of alkyl halides is 1. The highest BCUT2D eigenvalue weighted by atomic mass is 35.5. The molecule has 0 saturated carbocycles. The molecule has 0 aromatic carbocycles. The van der Waals surface area contributed by atoms with Gasteiger partial charge in [-0.3, -0.25) is 0 Å². The van der Waals surface area contributed by atoms with E-state index >= 15 is 0 Å². The van der Waals surface area contributed by atoms with Gasteiger partial charge in [-0.1, -0.05) is 34.1 Å². The average Bonchev–Trinajstić information content (AvgIpc) is 1.84. The van der Waals surface area contributed by atoms with E-state index in [0.717, 1.165) is 12.8 Å². The van der Waals surface area contributed by atoms with Gasteiger partial charge < -0.3 is 0 Å². The molecule has 0 N–H and O–H groups in total. The summed E-state index contributed by atoms with van der Waals surface area (Å²) in [5.74, 6) is 0. The molecule has 0 fully saturated rings. The molecule has 0 aliphatic carbocycles. The van der Waals surface area contributed by atoms with Gasteiger partial charge >= 0.3 is 0 Å². The van der Waals surface area contributed by atoms with E-state index in [2.05, 4.69) is 34.6 Å². The molecule has 12 heavy (non-hydrogen) atoms. The molecular weight excluding hydrogens is 168 g/mol. The molecule has 1 atom stereocenters. The molecule has 0 spiro atoms. The van der Waals surface area contributed by atoms with E-state index in [1.807, 2.05) is 0 Å². The lowest BCUT2D eigenvalue weighted by Gasteiger charge is -2.23. The second-order valence-electron chi connectivity index (χ2n) is 5.18. The molecule has 0 radical (unpaired) electrons. The van der Waals surface area contributed by atoms with E-state index in [1.165, 1.54) is 12.8 Å². The third-order valence-electron chi connectivity index (χ3n) is 2.36. The summed E-state index contributed by atoms with van der Waals surface area (Å²) in [6.07, 6.45) is 4.73. The lowest BCUT2D eigenvalue weighted by atomic mass is 9.87. The molecule has 0 aliphatic heterocycles. The van der Waals surface area contributed by atoms with E-state index < -0.39 is 0 Å². The van der Waals surface area contributed by atoms with Crippen molar-refractivity contribution in [2.24, 2.45) is 5.41 Å². The second kappa shape index (κ2) is 4.50. The maximum Gasteiger partial charge on any atom is 0.0416 e. The quantitative estimate of drug-likeness (QED) is 0.568. The van der Waals surface area contributed by atoms with Gasteiger partial charge in [-0.2, -0.15) is 0 Å². The molecule has 1 unspecified atom stereocenters. The fourth-order valence-electron chi connectivity index (χ4n) is 1.16. The SMILES string of the molecule is CCC(C)(Cl)CCCC(C)(C)C. The van der Waals surface area contributed by atoms with Crippen LogP contribution < -0.4 is 0 Å². The summed E-state index contributed by atoms with van der Waals surface area (Å²) in [7, 11) is 0. The first-order valence-corrected chi connectivity index (χ1v) is 5.33. The van der Waals surface area contributed by atoms with Crippen LogP contribution in [0.2, 0.25) is 0 Å². The maximum absolute atomic E-state index is 6.25. The molecule has 0 nitrogen and oxygen atoms in total. The van der Waals surface area contributed by atoms with Crippen LogP contribution in [0.5, 0.6) is 0 Å². The molecule has 0 saturated heterocycles. The summed E-state index contributed by atoms with van der Waals surface area (Å²) in [5.41, 5.74) is 0.459. The summed E-state index contributed by atoms with van der Waals surface area (Å²) in [6.45, 7) is 11.1. The van der Waals surface area contributed by atoms with E-state index in [4.69, 9.17) is 11.6 Å². The van der Waals surface area contributed by atoms with Crippen molar-refractivity contribution in [3.05, 3.63) is 0 Å². The standard InChI is InChI=1S/C11H23Cl/c1-6-11(5,12)9-7-8-10(2,3)4/h6-9H2,1-5H3. The van der Waals surface area contributed by atoms with Crippen molar-refractivity contribution >= 4 is 11.6 Å². The van der Waals surface area contributed by atoms with Gasteiger partial charge in [-0.15, -0.1) is 11.6 Å². The third-order valence-corrected chi connectivity index (χ3v) is 2.82. The van der Waals surface area contributed by atoms with Crippen molar-refractivity contribution in [2.45, 2.75) is 65.2 Å². The Labute approximate surface area is 82.7 Å². The van der Waals surface area contributed by atoms with E-state index in [0.29, 0.717) is 5.41 Å². The van der Waals surface area contributed by atoms with E-state index in [1.54, 1.807) is 0 Å². The average molecular weight is 191 g/mol. The zero-order valence-corrected chi connectivity index (χ0v) is 9.96. The van der Waals surface area contributed by atoms with Crippen LogP contribution in [0.1, 0.15) is 60.3 Å². The zero-order valence-electron chi connectivity index (χ0n) is 9.21. The van der Waals surface area contributed by atoms with Crippen LogP contribution in [-0.4, -0.2) is 4.87 Å². The van der Waals surface area contributed by atoms with Gasteiger partial charge in [-0.05, 0) is 31.6 Å². The number of rotatable bonds is 4. The normalized spacial score (nSPS) is 17.5. The van der Waals surface area contributed by atoms with Gasteiger partial charge in [-0.25, -0.2) is 0 Å². The molecule has 0 bridgehead atoms. The van der Waals surface area contributed by atoms with Gasteiger partial charge in [0.1, 0.15) is 0 Å². The Bertz CT molecular complexity index is 119. The Morgan fingerprint density at radius 2 is 1.50 bits per heavy atom. The van der Waals surface area contributed by atoms with Crippen molar-refractivity contribution in [2.75, 3.05) is 0 Å². The van der Waals surface area contributed by atoms with Gasteiger partial charge in [0, 0.05) is 4.87 Å². The molecule has 0 heterocycles. The predicted molar refractivity (Wildman–Crippen MR) is 57.9 cm³/mol. The summed E-state index contributed by atoms with van der Waals surface area (Å²) < 4.78 is 0. The predicted octanol–water partition coefficient (Wildman–Crippen LogP) is 4.61. The molecule has 74 valence electrons. The number of hydrogen-bond acceptors (Lipinski definition) is 0. The summed E-state index contributed by atoms with van der Waals surface area (Å²) in [6, 6.07) is 0. The van der Waals surface area contributed by atoms with Crippen LogP contribution in [-0.2, 0) is 0 Å². The van der Waals surface area contributed by atoms with E-state index in [9.17, 15) is 0 Å². The monoisotopic (exact) mass is 190 g/mol. The van der Waals surface area contributed by atoms with Crippen molar-refractivity contribution in [1.82, 2.24) is 0 Å². The Balaban J connectivity index is 3.57. The first kappa shape index (κ1) is 12.3. The van der Waals surface area contributed by atoms with Crippen LogP contribution in [0, 0.1) is 5.41 Å². The third kappa shape index (κ3) is 6.97. The smallest absolute Gasteiger partial charge is 0.0416 e. The van der Waals surface area contributed by atoms with Crippen molar-refractivity contribution in [3.8, 4) is 0 Å². The minimum absolute atomic E-state index is 0.0330. The highest BCUT2D eigenvalue weighted by molar-refractivity contribution is 6.23. The first-order valence-electron chi connectivity index (χ1n) is 4.96. The number of hydrogen-bond donors (Lipinski definition) is 0. The van der Waals surface area contributed by atoms with Crippen LogP contribution in [0.4, 0.5) is 0 Å². The van der Waals surface area contributed by atoms with Crippen LogP contribution in [0.25, 0.3) is 0 Å². The fraction of sp³-hybridized carbons (Fsp3) is 1.00. The minimum atomic E-state index is 0.0330. The lowest BCUT2D eigenvalue weighted by molar-refractivity contribution is 0.347. The van der Waals surface area contributed by atoms with E-state index in [-0.39, 0.29) is 4.87 Å². The van der Waals surface area contributed by atoms with Crippen molar-refractivity contribution < 1.29 is 0 Å². The van der Waals surface area contributed by atoms with Crippen molar-refractivity contribution in [1.29, 1.82) is 0 Å². The summed E-state index contributed by atoms with van der Waals surface area (Å²) in [4.78, 5) is 0.0330. The van der Waals surface area contributed by atoms with Crippen molar-refractivity contribution in [3.63, 3.8) is 0 Å². The first-order chi connectivity index (χ1) is 5.27. The summed E-state index contributed by atoms with van der Waals surface area (Å²) >= 11 is 6.25. The van der Waals surface area contributed by atoms with Crippen LogP contribution >= 0.6 is 11.6 Å². The molecule has 0 aromatic rings. The summed E-state index contributed by atoms with van der Waals surface area (Å²) in [5, 5.41) is 0. The maximum atomic E-state index is 6.25. The molecule has 0 aliphatic rings.